The molecular formula is C22H30N4O6. The van der Waals surface area contributed by atoms with Crippen molar-refractivity contribution in [2.45, 2.75) is 31.3 Å². The minimum Gasteiger partial charge on any atom is -0.480 e. The van der Waals surface area contributed by atoms with E-state index in [4.69, 9.17) is 20.3 Å². The fourth-order valence-electron chi connectivity index (χ4n) is 3.59. The molecule has 0 unspecified atom stereocenters. The Balaban J connectivity index is 1.61. The zero-order valence-corrected chi connectivity index (χ0v) is 17.9. The van der Waals surface area contributed by atoms with Crippen LogP contribution in [0.3, 0.4) is 0 Å². The summed E-state index contributed by atoms with van der Waals surface area (Å²) in [5.74, 6) is -2.15. The number of hydrogen-bond donors (Lipinski definition) is 4. The summed E-state index contributed by atoms with van der Waals surface area (Å²) in [6.07, 6.45) is 1.94. The van der Waals surface area contributed by atoms with Crippen LogP contribution in [0.15, 0.2) is 30.5 Å². The van der Waals surface area contributed by atoms with Gasteiger partial charge in [-0.1, -0.05) is 18.2 Å². The van der Waals surface area contributed by atoms with E-state index in [0.717, 1.165) is 29.6 Å². The number of ether oxygens (including phenoxy) is 2. The number of morpholine rings is 1. The van der Waals surface area contributed by atoms with Gasteiger partial charge in [-0.15, -0.1) is 0 Å². The quantitative estimate of drug-likeness (QED) is 0.360. The normalized spacial score (nSPS) is 16.4. The van der Waals surface area contributed by atoms with Gasteiger partial charge >= 0.3 is 11.9 Å². The van der Waals surface area contributed by atoms with Crippen LogP contribution < -0.4 is 11.1 Å². The van der Waals surface area contributed by atoms with Crippen LogP contribution in [0.1, 0.15) is 18.4 Å². The lowest BCUT2D eigenvalue weighted by Crippen LogP contribution is -2.45. The van der Waals surface area contributed by atoms with Crippen LogP contribution in [0.4, 0.5) is 0 Å². The van der Waals surface area contributed by atoms with E-state index >= 15 is 0 Å². The van der Waals surface area contributed by atoms with Gasteiger partial charge in [0.1, 0.15) is 18.7 Å². The number of aromatic amines is 1. The predicted octanol–water partition coefficient (Wildman–Crippen LogP) is 0.263. The molecule has 1 aliphatic rings. The lowest BCUT2D eigenvalue weighted by Gasteiger charge is -2.26. The van der Waals surface area contributed by atoms with E-state index < -0.39 is 29.9 Å². The molecule has 32 heavy (non-hydrogen) atoms. The average Bonchev–Trinajstić information content (AvgIpc) is 3.20. The Kier molecular flexibility index (Phi) is 8.60. The number of rotatable bonds is 11. The van der Waals surface area contributed by atoms with Gasteiger partial charge in [-0.05, 0) is 18.1 Å². The largest absolute Gasteiger partial charge is 0.480 e. The molecule has 5 N–H and O–H groups in total. The summed E-state index contributed by atoms with van der Waals surface area (Å²) in [7, 11) is 0. The van der Waals surface area contributed by atoms with Crippen LogP contribution in [0.5, 0.6) is 0 Å². The van der Waals surface area contributed by atoms with Crippen LogP contribution in [0.2, 0.25) is 0 Å². The van der Waals surface area contributed by atoms with Crippen molar-refractivity contribution >= 4 is 28.7 Å². The first kappa shape index (κ1) is 23.7. The Morgan fingerprint density at radius 1 is 1.25 bits per heavy atom. The molecule has 3 rings (SSSR count). The third kappa shape index (κ3) is 6.78. The summed E-state index contributed by atoms with van der Waals surface area (Å²) in [6, 6.07) is 5.66. The maximum atomic E-state index is 12.8. The van der Waals surface area contributed by atoms with Crippen LogP contribution >= 0.6 is 0 Å². The molecule has 2 heterocycles. The zero-order valence-electron chi connectivity index (χ0n) is 17.9. The maximum Gasteiger partial charge on any atom is 0.329 e. The van der Waals surface area contributed by atoms with E-state index in [2.05, 4.69) is 15.2 Å². The van der Waals surface area contributed by atoms with Gasteiger partial charge in [0.05, 0.1) is 13.2 Å². The van der Waals surface area contributed by atoms with Gasteiger partial charge in [0.15, 0.2) is 0 Å². The van der Waals surface area contributed by atoms with E-state index in [1.165, 1.54) is 0 Å². The number of amides is 1. The number of benzene rings is 1. The molecule has 1 amide bonds. The number of nitrogens with two attached hydrogens (primary N) is 1. The van der Waals surface area contributed by atoms with Crippen molar-refractivity contribution in [2.24, 2.45) is 5.73 Å². The highest BCUT2D eigenvalue weighted by Crippen LogP contribution is 2.19. The van der Waals surface area contributed by atoms with Gasteiger partial charge in [-0.2, -0.15) is 0 Å². The topological polar surface area (TPSA) is 147 Å². The van der Waals surface area contributed by atoms with Crippen molar-refractivity contribution in [1.82, 2.24) is 15.2 Å². The van der Waals surface area contributed by atoms with Crippen molar-refractivity contribution in [3.8, 4) is 0 Å². The molecule has 174 valence electrons. The monoisotopic (exact) mass is 446 g/mol. The van der Waals surface area contributed by atoms with Crippen LogP contribution in [-0.2, 0) is 30.3 Å². The number of para-hydroxylation sites is 1. The third-order valence-electron chi connectivity index (χ3n) is 5.47. The number of fused-ring (bicyclic) bond motifs is 1. The Bertz CT molecular complexity index is 924. The fraction of sp³-hybridized carbons (Fsp3) is 0.500. The summed E-state index contributed by atoms with van der Waals surface area (Å²) in [6.45, 7) is 3.70. The maximum absolute atomic E-state index is 12.8. The highest BCUT2D eigenvalue weighted by molar-refractivity contribution is 5.87. The third-order valence-corrected chi connectivity index (χ3v) is 5.47. The predicted molar refractivity (Wildman–Crippen MR) is 117 cm³/mol. The second-order valence-electron chi connectivity index (χ2n) is 7.79. The number of aromatic nitrogens is 1. The molecule has 0 bridgehead atoms. The second-order valence-corrected chi connectivity index (χ2v) is 7.79. The van der Waals surface area contributed by atoms with Gasteiger partial charge in [0, 0.05) is 49.6 Å². The van der Waals surface area contributed by atoms with Crippen LogP contribution in [0, 0.1) is 0 Å². The molecule has 10 nitrogen and oxygen atoms in total. The summed E-state index contributed by atoms with van der Waals surface area (Å²) in [4.78, 5) is 41.4. The SMILES string of the molecule is N[C@H](CCC(=O)N[C@H](Cc1c[nH]c2ccccc12)C(=O)OCCN1CCOCC1)C(=O)O. The van der Waals surface area contributed by atoms with Gasteiger partial charge in [0.25, 0.3) is 0 Å². The first-order valence-electron chi connectivity index (χ1n) is 10.7. The Hall–Kier alpha value is -2.95. The molecular weight excluding hydrogens is 416 g/mol. The number of esters is 1. The molecule has 10 heteroatoms. The number of nitrogens with one attached hydrogen (secondary N) is 2. The van der Waals surface area contributed by atoms with E-state index in [1.54, 1.807) is 0 Å². The molecule has 1 aliphatic heterocycles. The fourth-order valence-corrected chi connectivity index (χ4v) is 3.59. The van der Waals surface area contributed by atoms with Gasteiger partial charge in [-0.3, -0.25) is 14.5 Å². The van der Waals surface area contributed by atoms with Crippen molar-refractivity contribution in [2.75, 3.05) is 39.5 Å². The number of carbonyl (C=O) groups excluding carboxylic acids is 2. The first-order valence-corrected chi connectivity index (χ1v) is 10.7. The number of aliphatic carboxylic acids is 1. The highest BCUT2D eigenvalue weighted by Gasteiger charge is 2.25. The Morgan fingerprint density at radius 2 is 2.00 bits per heavy atom. The van der Waals surface area contributed by atoms with Crippen LogP contribution in [0.25, 0.3) is 10.9 Å². The number of nitrogens with zero attached hydrogens (tertiary/aromatic N) is 1. The highest BCUT2D eigenvalue weighted by atomic mass is 16.5. The van der Waals surface area contributed by atoms with Crippen molar-refractivity contribution in [3.05, 3.63) is 36.0 Å². The lowest BCUT2D eigenvalue weighted by atomic mass is 10.0. The summed E-state index contributed by atoms with van der Waals surface area (Å²) in [5.41, 5.74) is 7.28. The molecule has 0 aliphatic carbocycles. The molecule has 0 radical (unpaired) electrons. The number of hydrogen-bond acceptors (Lipinski definition) is 7. The van der Waals surface area contributed by atoms with Crippen molar-refractivity contribution in [3.63, 3.8) is 0 Å². The van der Waals surface area contributed by atoms with Crippen molar-refractivity contribution in [1.29, 1.82) is 0 Å². The van der Waals surface area contributed by atoms with Gasteiger partial charge in [0.2, 0.25) is 5.91 Å². The van der Waals surface area contributed by atoms with E-state index in [9.17, 15) is 14.4 Å². The van der Waals surface area contributed by atoms with E-state index in [1.807, 2.05) is 30.5 Å². The van der Waals surface area contributed by atoms with Crippen molar-refractivity contribution < 1.29 is 29.0 Å². The standard InChI is InChI=1S/C22H30N4O6/c23-17(21(28)29)5-6-20(27)25-19(13-15-14-24-18-4-2-1-3-16(15)18)22(30)32-12-9-26-7-10-31-11-8-26/h1-4,14,17,19,24H,5-13,23H2,(H,25,27)(H,28,29)/t17-,19-/m1/s1. The number of H-pyrrole nitrogens is 1. The minimum absolute atomic E-state index is 0.0208. The minimum atomic E-state index is -1.17. The molecule has 0 spiro atoms. The van der Waals surface area contributed by atoms with E-state index in [0.29, 0.717) is 19.8 Å². The molecule has 2 aromatic rings. The summed E-state index contributed by atoms with van der Waals surface area (Å²) in [5, 5.41) is 12.5. The van der Waals surface area contributed by atoms with Gasteiger partial charge in [-0.25, -0.2) is 4.79 Å². The molecule has 1 aromatic heterocycles. The first-order chi connectivity index (χ1) is 15.4. The summed E-state index contributed by atoms with van der Waals surface area (Å²) < 4.78 is 10.8. The lowest BCUT2D eigenvalue weighted by molar-refractivity contribution is -0.148. The molecule has 1 saturated heterocycles. The smallest absolute Gasteiger partial charge is 0.329 e. The molecule has 0 saturated carbocycles. The number of carbonyl (C=O) groups is 3. The average molecular weight is 447 g/mol. The zero-order chi connectivity index (χ0) is 22.9. The Labute approximate surface area is 186 Å². The van der Waals surface area contributed by atoms with Gasteiger partial charge < -0.3 is 30.6 Å². The molecule has 1 aromatic carbocycles. The second kappa shape index (κ2) is 11.6. The number of carboxylic acids is 1. The number of carboxylic acid groups (broad SMARTS) is 1. The van der Waals surface area contributed by atoms with Crippen LogP contribution in [-0.4, -0.2) is 84.4 Å². The molecule has 2 atom stereocenters. The molecule has 1 fully saturated rings. The Morgan fingerprint density at radius 3 is 2.75 bits per heavy atom. The van der Waals surface area contributed by atoms with E-state index in [-0.39, 0.29) is 25.9 Å². The summed E-state index contributed by atoms with van der Waals surface area (Å²) >= 11 is 0.